The number of nitrogens with one attached hydrogen (secondary N) is 2. The lowest BCUT2D eigenvalue weighted by molar-refractivity contribution is 0.0973. The van der Waals surface area contributed by atoms with Crippen molar-refractivity contribution in [1.29, 1.82) is 0 Å². The standard InChI is InChI=1S/C31H38N2O6S/c1-40(36,37)33-31(35)28-18-15-25(21-30(28)39-27-11-7-2-3-8-12-27)23-13-16-26(17-14-23)38-20-19-32-22-29(34)24-9-5-4-6-10-24/h4-6,9-10,13-18,21,27,29,32,34H,2-3,7-8,11-12,19-20,22H2,1H3,(H,33,35)/t29-/m1/s1. The summed E-state index contributed by atoms with van der Waals surface area (Å²) in [5.74, 6) is 0.397. The molecule has 8 nitrogen and oxygen atoms in total. The van der Waals surface area contributed by atoms with Gasteiger partial charge in [-0.05, 0) is 66.6 Å². The average Bonchev–Trinajstić information content (AvgIpc) is 3.21. The Morgan fingerprint density at radius 2 is 1.62 bits per heavy atom. The predicted molar refractivity (Wildman–Crippen MR) is 156 cm³/mol. The molecule has 1 atom stereocenters. The van der Waals surface area contributed by atoms with Gasteiger partial charge in [-0.1, -0.05) is 61.4 Å². The van der Waals surface area contributed by atoms with Crippen LogP contribution in [-0.4, -0.2) is 51.5 Å². The molecule has 3 aromatic carbocycles. The zero-order valence-electron chi connectivity index (χ0n) is 22.8. The quantitative estimate of drug-likeness (QED) is 0.212. The minimum atomic E-state index is -3.71. The number of benzene rings is 3. The van der Waals surface area contributed by atoms with E-state index in [-0.39, 0.29) is 11.7 Å². The minimum Gasteiger partial charge on any atom is -0.492 e. The number of hydrogen-bond donors (Lipinski definition) is 3. The molecule has 0 bridgehead atoms. The van der Waals surface area contributed by atoms with E-state index in [2.05, 4.69) is 10.0 Å². The number of sulfonamides is 1. The summed E-state index contributed by atoms with van der Waals surface area (Å²) >= 11 is 0. The molecule has 0 radical (unpaired) electrons. The van der Waals surface area contributed by atoms with E-state index in [1.165, 1.54) is 12.8 Å². The van der Waals surface area contributed by atoms with Crippen LogP contribution >= 0.6 is 0 Å². The lowest BCUT2D eigenvalue weighted by Gasteiger charge is -2.20. The first kappa shape index (κ1) is 29.6. The molecule has 9 heteroatoms. The summed E-state index contributed by atoms with van der Waals surface area (Å²) in [4.78, 5) is 12.7. The van der Waals surface area contributed by atoms with Gasteiger partial charge in [0.05, 0.1) is 24.0 Å². The van der Waals surface area contributed by atoms with E-state index in [0.29, 0.717) is 31.2 Å². The third kappa shape index (κ3) is 9.08. The van der Waals surface area contributed by atoms with Crippen LogP contribution in [0.4, 0.5) is 0 Å². The maximum Gasteiger partial charge on any atom is 0.268 e. The van der Waals surface area contributed by atoms with Crippen LogP contribution in [0.3, 0.4) is 0 Å². The molecule has 0 spiro atoms. The Kier molecular flexibility index (Phi) is 10.6. The van der Waals surface area contributed by atoms with E-state index in [9.17, 15) is 18.3 Å². The molecule has 214 valence electrons. The lowest BCUT2D eigenvalue weighted by atomic mass is 10.0. The van der Waals surface area contributed by atoms with E-state index in [1.807, 2.05) is 54.6 Å². The molecule has 0 aliphatic heterocycles. The summed E-state index contributed by atoms with van der Waals surface area (Å²) in [6, 6.07) is 22.4. The van der Waals surface area contributed by atoms with Crippen molar-refractivity contribution in [1.82, 2.24) is 10.0 Å². The molecule has 0 unspecified atom stereocenters. The van der Waals surface area contributed by atoms with Gasteiger partial charge in [-0.15, -0.1) is 0 Å². The van der Waals surface area contributed by atoms with Gasteiger partial charge in [0.25, 0.3) is 5.91 Å². The highest BCUT2D eigenvalue weighted by Crippen LogP contribution is 2.31. The monoisotopic (exact) mass is 566 g/mol. The Morgan fingerprint density at radius 1 is 0.950 bits per heavy atom. The topological polar surface area (TPSA) is 114 Å². The van der Waals surface area contributed by atoms with E-state index in [4.69, 9.17) is 9.47 Å². The van der Waals surface area contributed by atoms with Crippen molar-refractivity contribution < 1.29 is 27.8 Å². The third-order valence-corrected chi connectivity index (χ3v) is 7.41. The van der Waals surface area contributed by atoms with Gasteiger partial charge in [-0.3, -0.25) is 4.79 Å². The summed E-state index contributed by atoms with van der Waals surface area (Å²) in [5.41, 5.74) is 2.83. The second-order valence-electron chi connectivity index (χ2n) is 10.1. The van der Waals surface area contributed by atoms with Crippen LogP contribution in [0.5, 0.6) is 11.5 Å². The van der Waals surface area contributed by atoms with Gasteiger partial charge >= 0.3 is 0 Å². The molecule has 1 aliphatic carbocycles. The fraction of sp³-hybridized carbons (Fsp3) is 0.387. The van der Waals surface area contributed by atoms with Crippen molar-refractivity contribution in [2.75, 3.05) is 26.0 Å². The molecule has 1 aliphatic rings. The van der Waals surface area contributed by atoms with Crippen LogP contribution in [0.25, 0.3) is 11.1 Å². The summed E-state index contributed by atoms with van der Waals surface area (Å²) < 4.78 is 37.6. The van der Waals surface area contributed by atoms with Crippen LogP contribution in [0.1, 0.15) is 60.6 Å². The van der Waals surface area contributed by atoms with Gasteiger partial charge in [0.15, 0.2) is 0 Å². The van der Waals surface area contributed by atoms with E-state index < -0.39 is 22.0 Å². The maximum atomic E-state index is 12.7. The van der Waals surface area contributed by atoms with E-state index in [0.717, 1.165) is 48.6 Å². The highest BCUT2D eigenvalue weighted by Gasteiger charge is 2.21. The molecule has 1 fully saturated rings. The number of carbonyl (C=O) groups is 1. The zero-order chi connectivity index (χ0) is 28.4. The normalized spacial score (nSPS) is 15.2. The number of rotatable bonds is 12. The van der Waals surface area contributed by atoms with Gasteiger partial charge in [0.2, 0.25) is 10.0 Å². The average molecular weight is 567 g/mol. The second-order valence-corrected chi connectivity index (χ2v) is 11.9. The summed E-state index contributed by atoms with van der Waals surface area (Å²) in [5, 5.41) is 13.4. The van der Waals surface area contributed by atoms with Gasteiger partial charge < -0.3 is 19.9 Å². The molecular weight excluding hydrogens is 528 g/mol. The predicted octanol–water partition coefficient (Wildman–Crippen LogP) is 4.85. The van der Waals surface area contributed by atoms with Gasteiger partial charge in [0.1, 0.15) is 18.1 Å². The van der Waals surface area contributed by atoms with Crippen LogP contribution in [0.2, 0.25) is 0 Å². The van der Waals surface area contributed by atoms with Crippen molar-refractivity contribution >= 4 is 15.9 Å². The van der Waals surface area contributed by atoms with Crippen molar-refractivity contribution in [2.24, 2.45) is 0 Å². The number of carbonyl (C=O) groups excluding carboxylic acids is 1. The number of aliphatic hydroxyl groups excluding tert-OH is 1. The molecule has 1 amide bonds. The van der Waals surface area contributed by atoms with E-state index in [1.54, 1.807) is 18.2 Å². The summed E-state index contributed by atoms with van der Waals surface area (Å²) in [7, 11) is -3.71. The fourth-order valence-electron chi connectivity index (χ4n) is 4.77. The molecule has 4 rings (SSSR count). The molecule has 1 saturated carbocycles. The number of aliphatic hydroxyl groups is 1. The van der Waals surface area contributed by atoms with Crippen molar-refractivity contribution in [2.45, 2.75) is 50.7 Å². The van der Waals surface area contributed by atoms with Gasteiger partial charge in [-0.25, -0.2) is 13.1 Å². The number of hydrogen-bond acceptors (Lipinski definition) is 7. The minimum absolute atomic E-state index is 0.0132. The van der Waals surface area contributed by atoms with Crippen molar-refractivity contribution in [3.63, 3.8) is 0 Å². The SMILES string of the molecule is CS(=O)(=O)NC(=O)c1ccc(-c2ccc(OCCNC[C@@H](O)c3ccccc3)cc2)cc1OC1CCCCCC1. The first-order chi connectivity index (χ1) is 19.3. The Labute approximate surface area is 236 Å². The molecule has 0 saturated heterocycles. The highest BCUT2D eigenvalue weighted by atomic mass is 32.2. The number of amides is 1. The van der Waals surface area contributed by atoms with Crippen molar-refractivity contribution in [3.05, 3.63) is 83.9 Å². The molecule has 0 aromatic heterocycles. The first-order valence-corrected chi connectivity index (χ1v) is 15.7. The zero-order valence-corrected chi connectivity index (χ0v) is 23.7. The smallest absolute Gasteiger partial charge is 0.268 e. The highest BCUT2D eigenvalue weighted by molar-refractivity contribution is 7.89. The number of ether oxygens (including phenoxy) is 2. The fourth-order valence-corrected chi connectivity index (χ4v) is 5.21. The largest absolute Gasteiger partial charge is 0.492 e. The van der Waals surface area contributed by atoms with Crippen LogP contribution < -0.4 is 19.5 Å². The Balaban J connectivity index is 1.38. The molecule has 3 N–H and O–H groups in total. The van der Waals surface area contributed by atoms with Crippen LogP contribution in [0, 0.1) is 0 Å². The Bertz CT molecular complexity index is 1340. The molecule has 0 heterocycles. The van der Waals surface area contributed by atoms with Crippen LogP contribution in [0.15, 0.2) is 72.8 Å². The third-order valence-electron chi connectivity index (χ3n) is 6.86. The lowest BCUT2D eigenvalue weighted by Crippen LogP contribution is -2.30. The first-order valence-electron chi connectivity index (χ1n) is 13.8. The van der Waals surface area contributed by atoms with Gasteiger partial charge in [0, 0.05) is 13.1 Å². The Morgan fingerprint density at radius 3 is 2.30 bits per heavy atom. The maximum absolute atomic E-state index is 12.7. The summed E-state index contributed by atoms with van der Waals surface area (Å²) in [6.07, 6.45) is 6.66. The van der Waals surface area contributed by atoms with Crippen molar-refractivity contribution in [3.8, 4) is 22.6 Å². The molecular formula is C31H38N2O6S. The molecule has 40 heavy (non-hydrogen) atoms. The second kappa shape index (κ2) is 14.3. The van der Waals surface area contributed by atoms with Crippen LogP contribution in [-0.2, 0) is 10.0 Å². The molecule has 3 aromatic rings. The Hall–Kier alpha value is -3.40. The van der Waals surface area contributed by atoms with Gasteiger partial charge in [-0.2, -0.15) is 0 Å². The van der Waals surface area contributed by atoms with E-state index >= 15 is 0 Å². The summed E-state index contributed by atoms with van der Waals surface area (Å²) in [6.45, 7) is 1.48.